The number of carbonyl (C=O) groups is 1. The Kier molecular flexibility index (Phi) is 5.59. The molecular weight excluding hydrogens is 321 g/mol. The van der Waals surface area contributed by atoms with Crippen molar-refractivity contribution in [3.63, 3.8) is 0 Å². The van der Waals surface area contributed by atoms with Crippen molar-refractivity contribution in [1.29, 1.82) is 0 Å². The molecule has 22 heavy (non-hydrogen) atoms. The average molecular weight is 344 g/mol. The summed E-state index contributed by atoms with van der Waals surface area (Å²) in [6.45, 7) is 2.23. The van der Waals surface area contributed by atoms with Crippen LogP contribution in [-0.4, -0.2) is 36.6 Å². The Morgan fingerprint density at radius 2 is 2.09 bits per heavy atom. The predicted octanol–water partition coefficient (Wildman–Crippen LogP) is 2.93. The van der Waals surface area contributed by atoms with Crippen LogP contribution < -0.4 is 11.1 Å². The highest BCUT2D eigenvalue weighted by Crippen LogP contribution is 2.40. The summed E-state index contributed by atoms with van der Waals surface area (Å²) in [6, 6.07) is 8.50. The van der Waals surface area contributed by atoms with Gasteiger partial charge in [0.05, 0.1) is 0 Å². The fourth-order valence-corrected chi connectivity index (χ4v) is 3.92. The SMILES string of the molecule is Cl.NC[C@]1(c2cccc(Cl)c2)CC[C@@H](N2CCNC2=O)CC1. The molecule has 0 spiro atoms. The van der Waals surface area contributed by atoms with E-state index >= 15 is 0 Å². The normalized spacial score (nSPS) is 28.2. The Hall–Kier alpha value is -0.970. The van der Waals surface area contributed by atoms with Crippen LogP contribution >= 0.6 is 24.0 Å². The Morgan fingerprint density at radius 3 is 2.64 bits per heavy atom. The van der Waals surface area contributed by atoms with E-state index in [9.17, 15) is 4.79 Å². The van der Waals surface area contributed by atoms with Crippen LogP contribution in [0.4, 0.5) is 4.79 Å². The highest BCUT2D eigenvalue weighted by atomic mass is 35.5. The first-order valence-corrected chi connectivity index (χ1v) is 8.03. The van der Waals surface area contributed by atoms with Gasteiger partial charge in [0.2, 0.25) is 0 Å². The summed E-state index contributed by atoms with van der Waals surface area (Å²) in [5.41, 5.74) is 7.36. The molecule has 0 aromatic heterocycles. The summed E-state index contributed by atoms with van der Waals surface area (Å²) in [4.78, 5) is 13.8. The molecule has 1 saturated carbocycles. The highest BCUT2D eigenvalue weighted by molar-refractivity contribution is 6.30. The van der Waals surface area contributed by atoms with E-state index in [1.165, 1.54) is 5.56 Å². The maximum atomic E-state index is 11.8. The first-order valence-electron chi connectivity index (χ1n) is 7.65. The van der Waals surface area contributed by atoms with Crippen molar-refractivity contribution in [2.45, 2.75) is 37.1 Å². The lowest BCUT2D eigenvalue weighted by atomic mass is 9.68. The Labute approximate surface area is 142 Å². The number of nitrogens with zero attached hydrogens (tertiary/aromatic N) is 1. The second-order valence-electron chi connectivity index (χ2n) is 6.15. The molecule has 2 aliphatic rings. The first kappa shape index (κ1) is 17.4. The number of urea groups is 1. The van der Waals surface area contributed by atoms with Crippen LogP contribution in [0.5, 0.6) is 0 Å². The molecule has 4 nitrogen and oxygen atoms in total. The second-order valence-corrected chi connectivity index (χ2v) is 6.59. The van der Waals surface area contributed by atoms with E-state index in [1.807, 2.05) is 23.1 Å². The number of carbonyl (C=O) groups excluding carboxylic acids is 1. The van der Waals surface area contributed by atoms with Crippen LogP contribution in [0.2, 0.25) is 5.02 Å². The van der Waals surface area contributed by atoms with Gasteiger partial charge >= 0.3 is 6.03 Å². The second kappa shape index (κ2) is 7.07. The molecule has 3 rings (SSSR count). The van der Waals surface area contributed by atoms with Crippen LogP contribution in [0.1, 0.15) is 31.2 Å². The monoisotopic (exact) mass is 343 g/mol. The van der Waals surface area contributed by atoms with Gasteiger partial charge in [-0.1, -0.05) is 23.7 Å². The summed E-state index contributed by atoms with van der Waals surface area (Å²) < 4.78 is 0. The highest BCUT2D eigenvalue weighted by Gasteiger charge is 2.39. The predicted molar refractivity (Wildman–Crippen MR) is 91.8 cm³/mol. The fourth-order valence-electron chi connectivity index (χ4n) is 3.73. The van der Waals surface area contributed by atoms with Crippen LogP contribution in [-0.2, 0) is 5.41 Å². The lowest BCUT2D eigenvalue weighted by Crippen LogP contribution is -2.46. The summed E-state index contributed by atoms with van der Waals surface area (Å²) >= 11 is 6.13. The van der Waals surface area contributed by atoms with E-state index in [4.69, 9.17) is 17.3 Å². The number of hydrogen-bond acceptors (Lipinski definition) is 2. The van der Waals surface area contributed by atoms with Gasteiger partial charge in [-0.3, -0.25) is 0 Å². The largest absolute Gasteiger partial charge is 0.336 e. The van der Waals surface area contributed by atoms with Gasteiger partial charge in [-0.25, -0.2) is 4.79 Å². The van der Waals surface area contributed by atoms with Crippen LogP contribution in [0.3, 0.4) is 0 Å². The first-order chi connectivity index (χ1) is 10.1. The zero-order chi connectivity index (χ0) is 14.9. The van der Waals surface area contributed by atoms with Gasteiger partial charge in [0.15, 0.2) is 0 Å². The third-order valence-corrected chi connectivity index (χ3v) is 5.31. The van der Waals surface area contributed by atoms with Gasteiger partial charge in [-0.05, 0) is 43.4 Å². The molecule has 3 N–H and O–H groups in total. The van der Waals surface area contributed by atoms with Crippen molar-refractivity contribution in [1.82, 2.24) is 10.2 Å². The molecule has 1 aromatic carbocycles. The molecule has 1 aliphatic carbocycles. The summed E-state index contributed by atoms with van der Waals surface area (Å²) in [6.07, 6.45) is 4.05. The third kappa shape index (κ3) is 3.19. The lowest BCUT2D eigenvalue weighted by Gasteiger charge is -2.42. The Morgan fingerprint density at radius 1 is 1.36 bits per heavy atom. The average Bonchev–Trinajstić information content (AvgIpc) is 2.93. The van der Waals surface area contributed by atoms with E-state index in [2.05, 4.69) is 11.4 Å². The van der Waals surface area contributed by atoms with E-state index in [-0.39, 0.29) is 23.9 Å². The smallest absolute Gasteiger partial charge is 0.317 e. The number of halogens is 2. The topological polar surface area (TPSA) is 58.4 Å². The van der Waals surface area contributed by atoms with Crippen LogP contribution in [0.15, 0.2) is 24.3 Å². The summed E-state index contributed by atoms with van der Waals surface area (Å²) in [5.74, 6) is 0. The van der Waals surface area contributed by atoms with Crippen LogP contribution in [0.25, 0.3) is 0 Å². The molecule has 1 heterocycles. The van der Waals surface area contributed by atoms with Crippen molar-refractivity contribution >= 4 is 30.0 Å². The molecule has 2 fully saturated rings. The molecule has 0 atom stereocenters. The van der Waals surface area contributed by atoms with Gasteiger partial charge in [-0.15, -0.1) is 12.4 Å². The Balaban J connectivity index is 0.00000176. The van der Waals surface area contributed by atoms with Crippen molar-refractivity contribution in [2.75, 3.05) is 19.6 Å². The zero-order valence-electron chi connectivity index (χ0n) is 12.6. The number of nitrogens with one attached hydrogen (secondary N) is 1. The fraction of sp³-hybridized carbons (Fsp3) is 0.562. The minimum absolute atomic E-state index is 0. The zero-order valence-corrected chi connectivity index (χ0v) is 14.1. The number of rotatable bonds is 3. The van der Waals surface area contributed by atoms with Gasteiger partial charge in [0.25, 0.3) is 0 Å². The number of hydrogen-bond donors (Lipinski definition) is 2. The molecule has 0 radical (unpaired) electrons. The number of benzene rings is 1. The maximum absolute atomic E-state index is 11.8. The van der Waals surface area contributed by atoms with E-state index < -0.39 is 0 Å². The molecule has 122 valence electrons. The van der Waals surface area contributed by atoms with Gasteiger partial charge in [-0.2, -0.15) is 0 Å². The Bertz CT molecular complexity index is 530. The third-order valence-electron chi connectivity index (χ3n) is 5.07. The van der Waals surface area contributed by atoms with Gasteiger partial charge < -0.3 is 16.0 Å². The summed E-state index contributed by atoms with van der Waals surface area (Å²) in [5, 5.41) is 3.65. The van der Waals surface area contributed by atoms with Crippen molar-refractivity contribution in [3.8, 4) is 0 Å². The molecule has 0 bridgehead atoms. The standard InChI is InChI=1S/C16H22ClN3O.ClH/c17-13-3-1-2-12(10-13)16(11-18)6-4-14(5-7-16)20-9-8-19-15(20)21;/h1-3,10,14H,4-9,11,18H2,(H,19,21);1H/t14-,16+;. The summed E-state index contributed by atoms with van der Waals surface area (Å²) in [7, 11) is 0. The quantitative estimate of drug-likeness (QED) is 0.886. The lowest BCUT2D eigenvalue weighted by molar-refractivity contribution is 0.154. The number of amides is 2. The van der Waals surface area contributed by atoms with Crippen molar-refractivity contribution in [2.24, 2.45) is 5.73 Å². The molecule has 1 saturated heterocycles. The molecule has 6 heteroatoms. The van der Waals surface area contributed by atoms with Gasteiger partial charge in [0, 0.05) is 36.1 Å². The van der Waals surface area contributed by atoms with Crippen LogP contribution in [0, 0.1) is 0 Å². The minimum Gasteiger partial charge on any atom is -0.336 e. The molecule has 1 aromatic rings. The minimum atomic E-state index is 0. The van der Waals surface area contributed by atoms with E-state index in [0.29, 0.717) is 12.6 Å². The van der Waals surface area contributed by atoms with E-state index in [0.717, 1.165) is 43.8 Å². The molecule has 2 amide bonds. The van der Waals surface area contributed by atoms with Gasteiger partial charge in [0.1, 0.15) is 0 Å². The van der Waals surface area contributed by atoms with E-state index in [1.54, 1.807) is 0 Å². The maximum Gasteiger partial charge on any atom is 0.317 e. The molecule has 0 unspecified atom stereocenters. The van der Waals surface area contributed by atoms with Crippen molar-refractivity contribution < 1.29 is 4.79 Å². The number of nitrogens with two attached hydrogens (primary N) is 1. The molecule has 1 aliphatic heterocycles. The van der Waals surface area contributed by atoms with Crippen molar-refractivity contribution in [3.05, 3.63) is 34.9 Å². The molecular formula is C16H23Cl2N3O.